The van der Waals surface area contributed by atoms with Gasteiger partial charge in [0.05, 0.1) is 12.2 Å². The second-order valence-electron chi connectivity index (χ2n) is 6.29. The maximum atomic E-state index is 12.7. The van der Waals surface area contributed by atoms with E-state index in [-0.39, 0.29) is 18.3 Å². The number of halogens is 3. The fourth-order valence-electron chi connectivity index (χ4n) is 2.61. The van der Waals surface area contributed by atoms with Crippen LogP contribution in [0.15, 0.2) is 42.6 Å². The van der Waals surface area contributed by atoms with Crippen LogP contribution in [-0.2, 0) is 6.54 Å². The Morgan fingerprint density at radius 2 is 1.96 bits per heavy atom. The van der Waals surface area contributed by atoms with E-state index in [2.05, 4.69) is 25.2 Å². The molecule has 2 N–H and O–H groups in total. The number of benzene rings is 1. The molecule has 3 rings (SSSR count). The Bertz CT molecular complexity index is 954. The van der Waals surface area contributed by atoms with Crippen LogP contribution in [0.3, 0.4) is 0 Å². The molecule has 0 bridgehead atoms. The van der Waals surface area contributed by atoms with Crippen molar-refractivity contribution in [2.24, 2.45) is 0 Å². The maximum Gasteiger partial charge on any atom is 0.573 e. The van der Waals surface area contributed by atoms with Gasteiger partial charge in [-0.1, -0.05) is 0 Å². The fourth-order valence-corrected chi connectivity index (χ4v) is 2.61. The van der Waals surface area contributed by atoms with Gasteiger partial charge in [0.2, 0.25) is 0 Å². The van der Waals surface area contributed by atoms with Crippen molar-refractivity contribution in [2.45, 2.75) is 32.8 Å². The number of ether oxygens (including phenoxy) is 1. The molecule has 0 spiro atoms. The van der Waals surface area contributed by atoms with E-state index in [1.807, 2.05) is 19.9 Å². The zero-order valence-corrected chi connectivity index (χ0v) is 15.1. The molecular formula is C18H18F3N5O2. The molecule has 28 heavy (non-hydrogen) atoms. The lowest BCUT2D eigenvalue weighted by molar-refractivity contribution is -0.274. The van der Waals surface area contributed by atoms with Gasteiger partial charge in [-0.25, -0.2) is 9.78 Å². The van der Waals surface area contributed by atoms with Crippen molar-refractivity contribution in [3.8, 4) is 5.75 Å². The highest BCUT2D eigenvalue weighted by Gasteiger charge is 2.31. The Kier molecular flexibility index (Phi) is 5.39. The first-order chi connectivity index (χ1) is 13.2. The number of aromatic amines is 1. The van der Waals surface area contributed by atoms with Gasteiger partial charge >= 0.3 is 12.4 Å². The van der Waals surface area contributed by atoms with Gasteiger partial charge in [0, 0.05) is 23.3 Å². The van der Waals surface area contributed by atoms with Gasteiger partial charge in [0.1, 0.15) is 5.75 Å². The molecule has 10 heteroatoms. The number of fused-ring (bicyclic) bond motifs is 1. The molecule has 2 amide bonds. The third-order valence-electron chi connectivity index (χ3n) is 3.96. The molecule has 0 unspecified atom stereocenters. The quantitative estimate of drug-likeness (QED) is 0.677. The molecule has 2 aromatic heterocycles. The second-order valence-corrected chi connectivity index (χ2v) is 6.29. The molecule has 0 atom stereocenters. The average Bonchev–Trinajstić information content (AvgIpc) is 3.03. The third kappa shape index (κ3) is 4.70. The largest absolute Gasteiger partial charge is 0.573 e. The van der Waals surface area contributed by atoms with E-state index in [9.17, 15) is 18.0 Å². The number of urea groups is 1. The number of alkyl halides is 3. The number of rotatable bonds is 5. The number of nitrogens with one attached hydrogen (secondary N) is 2. The minimum atomic E-state index is -4.76. The van der Waals surface area contributed by atoms with E-state index < -0.39 is 12.4 Å². The maximum absolute atomic E-state index is 12.7. The number of pyridine rings is 1. The molecule has 148 valence electrons. The number of nitrogens with zero attached hydrogens (tertiary/aromatic N) is 3. The standard InChI is InChI=1S/C18H18F3N5O2/c1-11(2)26(10-15-14-4-3-9-22-16(14)25-24-15)17(27)23-12-5-7-13(8-6-12)28-18(19,20)21/h3-9,11H,10H2,1-2H3,(H,23,27)(H,22,24,25). The van der Waals surface area contributed by atoms with Gasteiger partial charge in [-0.05, 0) is 50.2 Å². The van der Waals surface area contributed by atoms with Crippen LogP contribution in [0.1, 0.15) is 19.5 Å². The highest BCUT2D eigenvalue weighted by atomic mass is 19.4. The Morgan fingerprint density at radius 1 is 1.25 bits per heavy atom. The van der Waals surface area contributed by atoms with Crippen LogP contribution < -0.4 is 10.1 Å². The van der Waals surface area contributed by atoms with Crippen LogP contribution in [0.2, 0.25) is 0 Å². The first-order valence-corrected chi connectivity index (χ1v) is 8.44. The van der Waals surface area contributed by atoms with Crippen molar-refractivity contribution in [2.75, 3.05) is 5.32 Å². The number of carbonyl (C=O) groups is 1. The molecule has 0 aliphatic carbocycles. The number of anilines is 1. The molecule has 0 aliphatic heterocycles. The minimum absolute atomic E-state index is 0.142. The van der Waals surface area contributed by atoms with Gasteiger partial charge in [0.25, 0.3) is 0 Å². The number of carbonyl (C=O) groups excluding carboxylic acids is 1. The van der Waals surface area contributed by atoms with E-state index in [0.29, 0.717) is 17.0 Å². The smallest absolute Gasteiger partial charge is 0.406 e. The molecule has 0 saturated carbocycles. The average molecular weight is 393 g/mol. The lowest BCUT2D eigenvalue weighted by Gasteiger charge is -2.26. The van der Waals surface area contributed by atoms with Crippen LogP contribution in [0.4, 0.5) is 23.7 Å². The highest BCUT2D eigenvalue weighted by Crippen LogP contribution is 2.24. The summed E-state index contributed by atoms with van der Waals surface area (Å²) in [5.74, 6) is -0.360. The summed E-state index contributed by atoms with van der Waals surface area (Å²) in [6, 6.07) is 8.04. The topological polar surface area (TPSA) is 83.1 Å². The number of hydrogen-bond donors (Lipinski definition) is 2. The summed E-state index contributed by atoms with van der Waals surface area (Å²) in [6.45, 7) is 3.95. The number of amides is 2. The van der Waals surface area contributed by atoms with Crippen LogP contribution in [0, 0.1) is 0 Å². The molecule has 0 radical (unpaired) electrons. The van der Waals surface area contributed by atoms with E-state index >= 15 is 0 Å². The molecule has 1 aromatic carbocycles. The van der Waals surface area contributed by atoms with Crippen molar-refractivity contribution in [3.05, 3.63) is 48.3 Å². The van der Waals surface area contributed by atoms with Crippen molar-refractivity contribution >= 4 is 22.8 Å². The summed E-state index contributed by atoms with van der Waals surface area (Å²) < 4.78 is 40.5. The van der Waals surface area contributed by atoms with Crippen molar-refractivity contribution in [1.82, 2.24) is 20.1 Å². The van der Waals surface area contributed by atoms with Crippen molar-refractivity contribution in [3.63, 3.8) is 0 Å². The van der Waals surface area contributed by atoms with Crippen LogP contribution in [-0.4, -0.2) is 38.5 Å². The summed E-state index contributed by atoms with van der Waals surface area (Å²) in [5.41, 5.74) is 1.64. The zero-order chi connectivity index (χ0) is 20.3. The Balaban J connectivity index is 1.71. The first kappa shape index (κ1) is 19.5. The predicted octanol–water partition coefficient (Wildman–Crippen LogP) is 4.30. The minimum Gasteiger partial charge on any atom is -0.406 e. The van der Waals surface area contributed by atoms with Crippen molar-refractivity contribution < 1.29 is 22.7 Å². The Hall–Kier alpha value is -3.30. The Morgan fingerprint density at radius 3 is 2.61 bits per heavy atom. The lowest BCUT2D eigenvalue weighted by Crippen LogP contribution is -2.39. The van der Waals surface area contributed by atoms with E-state index in [1.165, 1.54) is 12.1 Å². The van der Waals surface area contributed by atoms with Gasteiger partial charge in [-0.2, -0.15) is 5.10 Å². The predicted molar refractivity (Wildman–Crippen MR) is 96.7 cm³/mol. The Labute approximate surface area is 158 Å². The van der Waals surface area contributed by atoms with E-state index in [0.717, 1.165) is 17.5 Å². The SMILES string of the molecule is CC(C)N(Cc1n[nH]c2ncccc12)C(=O)Nc1ccc(OC(F)(F)F)cc1. The third-order valence-corrected chi connectivity index (χ3v) is 3.96. The molecular weight excluding hydrogens is 375 g/mol. The summed E-state index contributed by atoms with van der Waals surface area (Å²) in [5, 5.41) is 10.5. The molecule has 0 fully saturated rings. The molecule has 0 aliphatic rings. The number of aromatic nitrogens is 3. The molecule has 0 saturated heterocycles. The van der Waals surface area contributed by atoms with Crippen LogP contribution in [0.25, 0.3) is 11.0 Å². The molecule has 7 nitrogen and oxygen atoms in total. The van der Waals surface area contributed by atoms with Gasteiger partial charge in [-0.3, -0.25) is 5.10 Å². The van der Waals surface area contributed by atoms with Crippen LogP contribution >= 0.6 is 0 Å². The summed E-state index contributed by atoms with van der Waals surface area (Å²) in [7, 11) is 0. The zero-order valence-electron chi connectivity index (χ0n) is 15.1. The van der Waals surface area contributed by atoms with Crippen molar-refractivity contribution in [1.29, 1.82) is 0 Å². The monoisotopic (exact) mass is 393 g/mol. The normalized spacial score (nSPS) is 11.6. The first-order valence-electron chi connectivity index (χ1n) is 8.44. The summed E-state index contributed by atoms with van der Waals surface area (Å²) in [4.78, 5) is 18.4. The van der Waals surface area contributed by atoms with Gasteiger partial charge < -0.3 is 15.0 Å². The van der Waals surface area contributed by atoms with Crippen LogP contribution in [0.5, 0.6) is 5.75 Å². The lowest BCUT2D eigenvalue weighted by atomic mass is 10.2. The second kappa shape index (κ2) is 7.75. The number of hydrogen-bond acceptors (Lipinski definition) is 4. The van der Waals surface area contributed by atoms with Gasteiger partial charge in [-0.15, -0.1) is 13.2 Å². The number of H-pyrrole nitrogens is 1. The fraction of sp³-hybridized carbons (Fsp3) is 0.278. The summed E-state index contributed by atoms with van der Waals surface area (Å²) >= 11 is 0. The molecule has 2 heterocycles. The van der Waals surface area contributed by atoms with Gasteiger partial charge in [0.15, 0.2) is 5.65 Å². The summed E-state index contributed by atoms with van der Waals surface area (Å²) in [6.07, 6.45) is -3.12. The van der Waals surface area contributed by atoms with E-state index in [4.69, 9.17) is 0 Å². The highest BCUT2D eigenvalue weighted by molar-refractivity contribution is 5.90. The molecule has 3 aromatic rings. The van der Waals surface area contributed by atoms with E-state index in [1.54, 1.807) is 17.2 Å².